The van der Waals surface area contributed by atoms with Crippen LogP contribution in [0.15, 0.2) is 23.8 Å². The molecule has 0 heterocycles. The molecule has 0 fully saturated rings. The Labute approximate surface area is 102 Å². The molecule has 0 spiro atoms. The van der Waals surface area contributed by atoms with Crippen molar-refractivity contribution in [2.24, 2.45) is 10.8 Å². The lowest BCUT2D eigenvalue weighted by Gasteiger charge is -2.48. The smallest absolute Gasteiger partial charge is 0.316 e. The summed E-state index contributed by atoms with van der Waals surface area (Å²) in [5.41, 5.74) is -0.0388. The van der Waals surface area contributed by atoms with Crippen LogP contribution < -0.4 is 0 Å². The molecule has 0 radical (unpaired) electrons. The maximum atomic E-state index is 12.2. The number of rotatable bonds is 1. The second-order valence-corrected chi connectivity index (χ2v) is 5.45. The fourth-order valence-electron chi connectivity index (χ4n) is 3.07. The average Bonchev–Trinajstić information content (AvgIpc) is 2.27. The molecule has 17 heavy (non-hydrogen) atoms. The summed E-state index contributed by atoms with van der Waals surface area (Å²) in [4.78, 5) is 23.8. The monoisotopic (exact) mass is 234 g/mol. The maximum Gasteiger partial charge on any atom is 0.316 e. The van der Waals surface area contributed by atoms with E-state index in [1.807, 2.05) is 12.2 Å². The van der Waals surface area contributed by atoms with Gasteiger partial charge in [-0.15, -0.1) is 0 Å². The third-order valence-corrected chi connectivity index (χ3v) is 4.17. The number of ether oxygens (including phenoxy) is 1. The van der Waals surface area contributed by atoms with Crippen molar-refractivity contribution in [3.05, 3.63) is 23.8 Å². The number of hydrogen-bond acceptors (Lipinski definition) is 3. The Balaban J connectivity index is 2.61. The first kappa shape index (κ1) is 12.1. The quantitative estimate of drug-likeness (QED) is 0.654. The van der Waals surface area contributed by atoms with Crippen LogP contribution in [0.25, 0.3) is 0 Å². The number of hydrogen-bond donors (Lipinski definition) is 0. The van der Waals surface area contributed by atoms with E-state index >= 15 is 0 Å². The lowest BCUT2D eigenvalue weighted by atomic mass is 9.54. The number of ketones is 1. The molecule has 0 saturated heterocycles. The number of carbonyl (C=O) groups is 2. The molecule has 1 unspecified atom stereocenters. The van der Waals surface area contributed by atoms with E-state index < -0.39 is 5.41 Å². The summed E-state index contributed by atoms with van der Waals surface area (Å²) in [6.07, 6.45) is 7.36. The average molecular weight is 234 g/mol. The van der Waals surface area contributed by atoms with E-state index in [1.165, 1.54) is 7.11 Å². The summed E-state index contributed by atoms with van der Waals surface area (Å²) in [6, 6.07) is 0. The van der Waals surface area contributed by atoms with Crippen molar-refractivity contribution in [3.63, 3.8) is 0 Å². The van der Waals surface area contributed by atoms with Crippen LogP contribution in [0.2, 0.25) is 0 Å². The van der Waals surface area contributed by atoms with Crippen molar-refractivity contribution in [1.29, 1.82) is 0 Å². The molecule has 2 aliphatic rings. The normalized spacial score (nSPS) is 30.5. The van der Waals surface area contributed by atoms with Crippen molar-refractivity contribution in [2.75, 3.05) is 7.11 Å². The molecule has 0 aromatic rings. The van der Waals surface area contributed by atoms with Crippen LogP contribution in [-0.2, 0) is 14.3 Å². The zero-order valence-electron chi connectivity index (χ0n) is 10.6. The number of allylic oxidation sites excluding steroid dienone is 3. The van der Waals surface area contributed by atoms with Crippen molar-refractivity contribution < 1.29 is 14.3 Å². The topological polar surface area (TPSA) is 43.4 Å². The Morgan fingerprint density at radius 2 is 2.12 bits per heavy atom. The number of esters is 1. The first-order chi connectivity index (χ1) is 7.94. The molecule has 0 bridgehead atoms. The molecule has 3 nitrogen and oxygen atoms in total. The lowest BCUT2D eigenvalue weighted by molar-refractivity contribution is -0.158. The Morgan fingerprint density at radius 1 is 1.41 bits per heavy atom. The molecule has 0 N–H and O–H groups in total. The molecule has 1 atom stereocenters. The SMILES string of the molecule is COC(=O)C12CCC(=O)C=C1C=CCC2(C)C. The van der Waals surface area contributed by atoms with E-state index in [2.05, 4.69) is 13.8 Å². The van der Waals surface area contributed by atoms with Gasteiger partial charge in [0.05, 0.1) is 12.5 Å². The van der Waals surface area contributed by atoms with E-state index in [9.17, 15) is 9.59 Å². The fourth-order valence-corrected chi connectivity index (χ4v) is 3.07. The minimum atomic E-state index is -0.648. The Morgan fingerprint density at radius 3 is 2.76 bits per heavy atom. The third kappa shape index (κ3) is 1.56. The van der Waals surface area contributed by atoms with E-state index in [4.69, 9.17) is 4.74 Å². The Bertz CT molecular complexity index is 429. The second kappa shape index (κ2) is 3.83. The Hall–Kier alpha value is -1.38. The van der Waals surface area contributed by atoms with Crippen molar-refractivity contribution >= 4 is 11.8 Å². The van der Waals surface area contributed by atoms with Crippen LogP contribution in [0.3, 0.4) is 0 Å². The third-order valence-electron chi connectivity index (χ3n) is 4.17. The van der Waals surface area contributed by atoms with Crippen molar-refractivity contribution in [3.8, 4) is 0 Å². The molecular formula is C14H18O3. The highest BCUT2D eigenvalue weighted by atomic mass is 16.5. The first-order valence-corrected chi connectivity index (χ1v) is 5.94. The van der Waals surface area contributed by atoms with Crippen LogP contribution in [0.4, 0.5) is 0 Å². The van der Waals surface area contributed by atoms with Crippen molar-refractivity contribution in [2.45, 2.75) is 33.1 Å². The van der Waals surface area contributed by atoms with Crippen LogP contribution in [0.1, 0.15) is 33.1 Å². The molecule has 3 heteroatoms. The summed E-state index contributed by atoms with van der Waals surface area (Å²) in [5.74, 6) is -0.118. The molecule has 92 valence electrons. The van der Waals surface area contributed by atoms with Crippen LogP contribution in [0.5, 0.6) is 0 Å². The predicted molar refractivity (Wildman–Crippen MR) is 64.3 cm³/mol. The minimum Gasteiger partial charge on any atom is -0.468 e. The standard InChI is InChI=1S/C14H18O3/c1-13(2)7-4-5-10-9-11(15)6-8-14(10,13)12(16)17-3/h4-5,9H,6-8H2,1-3H3. The van der Waals surface area contributed by atoms with Gasteiger partial charge in [0.1, 0.15) is 0 Å². The highest BCUT2D eigenvalue weighted by Gasteiger charge is 2.55. The molecule has 0 saturated carbocycles. The van der Waals surface area contributed by atoms with E-state index in [0.717, 1.165) is 12.0 Å². The van der Waals surface area contributed by atoms with Gasteiger partial charge >= 0.3 is 5.97 Å². The van der Waals surface area contributed by atoms with Crippen LogP contribution in [-0.4, -0.2) is 18.9 Å². The molecule has 0 aromatic carbocycles. The molecule has 2 aliphatic carbocycles. The number of methoxy groups -OCH3 is 1. The van der Waals surface area contributed by atoms with Gasteiger partial charge in [-0.25, -0.2) is 0 Å². The zero-order valence-corrected chi connectivity index (χ0v) is 10.6. The van der Waals surface area contributed by atoms with Gasteiger partial charge in [-0.2, -0.15) is 0 Å². The van der Waals surface area contributed by atoms with Gasteiger partial charge in [0.2, 0.25) is 0 Å². The van der Waals surface area contributed by atoms with E-state index in [-0.39, 0.29) is 17.2 Å². The Kier molecular flexibility index (Phi) is 2.72. The molecule has 0 amide bonds. The van der Waals surface area contributed by atoms with Crippen LogP contribution in [0, 0.1) is 10.8 Å². The largest absolute Gasteiger partial charge is 0.468 e. The highest BCUT2D eigenvalue weighted by Crippen LogP contribution is 2.55. The lowest BCUT2D eigenvalue weighted by Crippen LogP contribution is -2.49. The molecule has 0 aliphatic heterocycles. The number of carbonyl (C=O) groups excluding carboxylic acids is 2. The van der Waals surface area contributed by atoms with Crippen LogP contribution >= 0.6 is 0 Å². The van der Waals surface area contributed by atoms with E-state index in [0.29, 0.717) is 12.8 Å². The molecule has 2 rings (SSSR count). The van der Waals surface area contributed by atoms with Gasteiger partial charge in [-0.05, 0) is 29.9 Å². The van der Waals surface area contributed by atoms with Gasteiger partial charge in [-0.1, -0.05) is 26.0 Å². The maximum absolute atomic E-state index is 12.2. The van der Waals surface area contributed by atoms with Crippen molar-refractivity contribution in [1.82, 2.24) is 0 Å². The molecule has 0 aromatic heterocycles. The summed E-state index contributed by atoms with van der Waals surface area (Å²) >= 11 is 0. The zero-order chi connectivity index (χ0) is 12.7. The summed E-state index contributed by atoms with van der Waals surface area (Å²) in [7, 11) is 1.42. The van der Waals surface area contributed by atoms with Gasteiger partial charge in [-0.3, -0.25) is 9.59 Å². The summed E-state index contributed by atoms with van der Waals surface area (Å²) < 4.78 is 5.00. The second-order valence-electron chi connectivity index (χ2n) is 5.45. The van der Waals surface area contributed by atoms with Gasteiger partial charge in [0.25, 0.3) is 0 Å². The number of fused-ring (bicyclic) bond motifs is 1. The van der Waals surface area contributed by atoms with E-state index in [1.54, 1.807) is 6.08 Å². The minimum absolute atomic E-state index is 0.0990. The summed E-state index contributed by atoms with van der Waals surface area (Å²) in [6.45, 7) is 4.13. The fraction of sp³-hybridized carbons (Fsp3) is 0.571. The first-order valence-electron chi connectivity index (χ1n) is 5.94. The van der Waals surface area contributed by atoms with Gasteiger partial charge in [0.15, 0.2) is 5.78 Å². The van der Waals surface area contributed by atoms with Gasteiger partial charge in [0, 0.05) is 6.42 Å². The predicted octanol–water partition coefficient (Wildman–Crippen LogP) is 2.42. The highest BCUT2D eigenvalue weighted by molar-refractivity contribution is 5.96. The molecular weight excluding hydrogens is 216 g/mol. The summed E-state index contributed by atoms with van der Waals surface area (Å²) in [5, 5.41) is 0. The van der Waals surface area contributed by atoms with Gasteiger partial charge < -0.3 is 4.74 Å².